The van der Waals surface area contributed by atoms with Crippen molar-refractivity contribution in [3.8, 4) is 0 Å². The first-order valence-electron chi connectivity index (χ1n) is 6.43. The number of carbonyl (C=O) groups excluding carboxylic acids is 2. The van der Waals surface area contributed by atoms with Crippen LogP contribution in [-0.2, 0) is 6.54 Å². The van der Waals surface area contributed by atoms with Crippen LogP contribution in [0.4, 0.5) is 0 Å². The fraction of sp³-hybridized carbons (Fsp3) is 0.125. The summed E-state index contributed by atoms with van der Waals surface area (Å²) in [6.45, 7) is 2.45. The molecule has 100 valence electrons. The number of amides is 2. The van der Waals surface area contributed by atoms with E-state index in [1.54, 1.807) is 24.3 Å². The first kappa shape index (κ1) is 12.6. The largest absolute Gasteiger partial charge is 0.276 e. The molecule has 4 heteroatoms. The van der Waals surface area contributed by atoms with Gasteiger partial charge in [-0.3, -0.25) is 9.59 Å². The summed E-state index contributed by atoms with van der Waals surface area (Å²) in [7, 11) is 0. The van der Waals surface area contributed by atoms with Gasteiger partial charge in [-0.05, 0) is 24.6 Å². The molecule has 1 aliphatic rings. The molecule has 0 aliphatic carbocycles. The predicted molar refractivity (Wildman–Crippen MR) is 75.0 cm³/mol. The van der Waals surface area contributed by atoms with E-state index in [2.05, 4.69) is 5.43 Å². The van der Waals surface area contributed by atoms with Crippen LogP contribution >= 0.6 is 0 Å². The van der Waals surface area contributed by atoms with Crippen LogP contribution in [0.5, 0.6) is 0 Å². The molecule has 1 heterocycles. The maximum Gasteiger partial charge on any atom is 0.276 e. The Morgan fingerprint density at radius 1 is 0.900 bits per heavy atom. The zero-order valence-corrected chi connectivity index (χ0v) is 11.1. The molecule has 2 aromatic rings. The Bertz CT molecular complexity index is 642. The molecule has 0 atom stereocenters. The molecule has 0 aromatic heterocycles. The van der Waals surface area contributed by atoms with Crippen molar-refractivity contribution < 1.29 is 9.59 Å². The Labute approximate surface area is 117 Å². The van der Waals surface area contributed by atoms with Crippen LogP contribution in [0.3, 0.4) is 0 Å². The van der Waals surface area contributed by atoms with E-state index < -0.39 is 0 Å². The molecule has 0 radical (unpaired) electrons. The van der Waals surface area contributed by atoms with Gasteiger partial charge < -0.3 is 0 Å². The molecular formula is C16H14N2O2. The quantitative estimate of drug-likeness (QED) is 0.867. The molecule has 20 heavy (non-hydrogen) atoms. The third-order valence-electron chi connectivity index (χ3n) is 3.36. The Morgan fingerprint density at radius 3 is 2.00 bits per heavy atom. The van der Waals surface area contributed by atoms with E-state index in [4.69, 9.17) is 0 Å². The third-order valence-corrected chi connectivity index (χ3v) is 3.36. The van der Waals surface area contributed by atoms with Crippen LogP contribution in [0.2, 0.25) is 0 Å². The van der Waals surface area contributed by atoms with Gasteiger partial charge in [0, 0.05) is 6.54 Å². The highest BCUT2D eigenvalue weighted by atomic mass is 16.2. The average Bonchev–Trinajstić information content (AvgIpc) is 2.71. The number of nitrogens with zero attached hydrogens (tertiary/aromatic N) is 1. The second-order valence-corrected chi connectivity index (χ2v) is 4.81. The molecule has 2 amide bonds. The first-order chi connectivity index (χ1) is 9.66. The van der Waals surface area contributed by atoms with Crippen molar-refractivity contribution in [2.24, 2.45) is 0 Å². The molecule has 3 rings (SSSR count). The summed E-state index contributed by atoms with van der Waals surface area (Å²) in [5.74, 6) is -0.588. The van der Waals surface area contributed by atoms with E-state index in [1.807, 2.05) is 31.2 Å². The summed E-state index contributed by atoms with van der Waals surface area (Å²) in [6, 6.07) is 14.8. The van der Waals surface area contributed by atoms with E-state index in [0.29, 0.717) is 17.7 Å². The fourth-order valence-electron chi connectivity index (χ4n) is 2.21. The number of aryl methyl sites for hydroxylation is 1. The number of benzene rings is 2. The molecule has 0 bridgehead atoms. The van der Waals surface area contributed by atoms with Crippen molar-refractivity contribution in [1.29, 1.82) is 0 Å². The van der Waals surface area contributed by atoms with Crippen molar-refractivity contribution in [1.82, 2.24) is 10.4 Å². The molecule has 0 unspecified atom stereocenters. The van der Waals surface area contributed by atoms with E-state index >= 15 is 0 Å². The summed E-state index contributed by atoms with van der Waals surface area (Å²) < 4.78 is 0. The lowest BCUT2D eigenvalue weighted by Gasteiger charge is -2.15. The van der Waals surface area contributed by atoms with E-state index in [9.17, 15) is 9.59 Å². The summed E-state index contributed by atoms with van der Waals surface area (Å²) in [5.41, 5.74) is 6.00. The monoisotopic (exact) mass is 266 g/mol. The van der Waals surface area contributed by atoms with Crippen molar-refractivity contribution >= 4 is 11.8 Å². The first-order valence-corrected chi connectivity index (χ1v) is 6.43. The van der Waals surface area contributed by atoms with Gasteiger partial charge in [-0.1, -0.05) is 42.0 Å². The SMILES string of the molecule is Cc1ccc(CNN2C(=O)c3ccccc3C2=O)cc1. The standard InChI is InChI=1S/C16H14N2O2/c1-11-6-8-12(9-7-11)10-17-18-15(19)13-4-2-3-5-14(13)16(18)20/h2-9,17H,10H2,1H3. The lowest BCUT2D eigenvalue weighted by Crippen LogP contribution is -2.41. The van der Waals surface area contributed by atoms with Gasteiger partial charge in [-0.2, -0.15) is 0 Å². The highest BCUT2D eigenvalue weighted by molar-refractivity contribution is 6.20. The molecule has 4 nitrogen and oxygen atoms in total. The zero-order chi connectivity index (χ0) is 14.1. The average molecular weight is 266 g/mol. The number of carbonyl (C=O) groups is 2. The smallest absolute Gasteiger partial charge is 0.267 e. The van der Waals surface area contributed by atoms with Gasteiger partial charge in [0.2, 0.25) is 0 Å². The van der Waals surface area contributed by atoms with Gasteiger partial charge in [-0.25, -0.2) is 10.4 Å². The minimum Gasteiger partial charge on any atom is -0.267 e. The highest BCUT2D eigenvalue weighted by Gasteiger charge is 2.34. The van der Waals surface area contributed by atoms with E-state index in [-0.39, 0.29) is 11.8 Å². The molecule has 0 spiro atoms. The predicted octanol–water partition coefficient (Wildman–Crippen LogP) is 2.30. The lowest BCUT2D eigenvalue weighted by atomic mass is 10.1. The molecule has 0 saturated heterocycles. The van der Waals surface area contributed by atoms with Gasteiger partial charge in [0.25, 0.3) is 11.8 Å². The minimum absolute atomic E-state index is 0.294. The second kappa shape index (κ2) is 4.90. The van der Waals surface area contributed by atoms with Crippen molar-refractivity contribution in [2.75, 3.05) is 0 Å². The maximum atomic E-state index is 12.1. The summed E-state index contributed by atoms with van der Waals surface area (Å²) in [6.07, 6.45) is 0. The third kappa shape index (κ3) is 2.10. The van der Waals surface area contributed by atoms with Gasteiger partial charge in [-0.15, -0.1) is 0 Å². The Kier molecular flexibility index (Phi) is 3.08. The molecule has 1 aliphatic heterocycles. The lowest BCUT2D eigenvalue weighted by molar-refractivity contribution is 0.0562. The summed E-state index contributed by atoms with van der Waals surface area (Å²) in [4.78, 5) is 24.3. The number of fused-ring (bicyclic) bond motifs is 1. The van der Waals surface area contributed by atoms with Crippen molar-refractivity contribution in [2.45, 2.75) is 13.5 Å². The minimum atomic E-state index is -0.294. The van der Waals surface area contributed by atoms with Crippen LogP contribution in [0.25, 0.3) is 0 Å². The number of rotatable bonds is 3. The van der Waals surface area contributed by atoms with E-state index in [1.165, 1.54) is 5.56 Å². The number of hydrogen-bond acceptors (Lipinski definition) is 3. The number of imide groups is 1. The number of nitrogens with one attached hydrogen (secondary N) is 1. The van der Waals surface area contributed by atoms with Gasteiger partial charge in [0.1, 0.15) is 0 Å². The van der Waals surface area contributed by atoms with Crippen LogP contribution in [0.15, 0.2) is 48.5 Å². The van der Waals surface area contributed by atoms with Crippen molar-refractivity contribution in [3.63, 3.8) is 0 Å². The molecule has 2 aromatic carbocycles. The highest BCUT2D eigenvalue weighted by Crippen LogP contribution is 2.20. The molecule has 1 N–H and O–H groups in total. The molecule has 0 saturated carbocycles. The van der Waals surface area contributed by atoms with Crippen LogP contribution < -0.4 is 5.43 Å². The van der Waals surface area contributed by atoms with Crippen LogP contribution in [0.1, 0.15) is 31.8 Å². The van der Waals surface area contributed by atoms with Crippen LogP contribution in [0, 0.1) is 6.92 Å². The summed E-state index contributed by atoms with van der Waals surface area (Å²) >= 11 is 0. The van der Waals surface area contributed by atoms with Crippen molar-refractivity contribution in [3.05, 3.63) is 70.8 Å². The van der Waals surface area contributed by atoms with Gasteiger partial charge >= 0.3 is 0 Å². The second-order valence-electron chi connectivity index (χ2n) is 4.81. The summed E-state index contributed by atoms with van der Waals surface area (Å²) in [5, 5.41) is 1.09. The molecular weight excluding hydrogens is 252 g/mol. The van der Waals surface area contributed by atoms with Crippen LogP contribution in [-0.4, -0.2) is 16.8 Å². The fourth-order valence-corrected chi connectivity index (χ4v) is 2.21. The van der Waals surface area contributed by atoms with Gasteiger partial charge in [0.15, 0.2) is 0 Å². The topological polar surface area (TPSA) is 49.4 Å². The molecule has 0 fully saturated rings. The normalized spacial score (nSPS) is 13.8. The Balaban J connectivity index is 1.75. The van der Waals surface area contributed by atoms with Gasteiger partial charge in [0.05, 0.1) is 11.1 Å². The number of hydrazine groups is 1. The Hall–Kier alpha value is -2.46. The number of hydrogen-bond donors (Lipinski definition) is 1. The Morgan fingerprint density at radius 2 is 1.45 bits per heavy atom. The van der Waals surface area contributed by atoms with E-state index in [0.717, 1.165) is 10.6 Å². The maximum absolute atomic E-state index is 12.1. The zero-order valence-electron chi connectivity index (χ0n) is 11.1.